The molecule has 3 nitrogen and oxygen atoms in total. The summed E-state index contributed by atoms with van der Waals surface area (Å²) >= 11 is 0. The van der Waals surface area contributed by atoms with Crippen molar-refractivity contribution in [2.24, 2.45) is 5.41 Å². The van der Waals surface area contributed by atoms with E-state index < -0.39 is 5.54 Å². The van der Waals surface area contributed by atoms with Crippen molar-refractivity contribution in [2.75, 3.05) is 19.1 Å². The first-order chi connectivity index (χ1) is 16.6. The molecule has 0 amide bonds. The molecule has 0 spiro atoms. The molecule has 0 aliphatic heterocycles. The van der Waals surface area contributed by atoms with Crippen LogP contribution in [0.5, 0.6) is 0 Å². The van der Waals surface area contributed by atoms with E-state index in [-0.39, 0.29) is 5.41 Å². The number of anilines is 1. The Balaban J connectivity index is 1.58. The third-order valence-electron chi connectivity index (χ3n) is 7.89. The molecule has 0 saturated carbocycles. The second-order valence-corrected chi connectivity index (χ2v) is 11.5. The van der Waals surface area contributed by atoms with Crippen molar-refractivity contribution in [3.63, 3.8) is 0 Å². The molecule has 180 valence electrons. The van der Waals surface area contributed by atoms with Crippen molar-refractivity contribution in [3.8, 4) is 0 Å². The zero-order valence-electron chi connectivity index (χ0n) is 21.8. The van der Waals surface area contributed by atoms with E-state index in [1.165, 1.54) is 38.2 Å². The van der Waals surface area contributed by atoms with E-state index in [1.807, 2.05) is 33.0 Å². The Bertz CT molecular complexity index is 1420. The van der Waals surface area contributed by atoms with Gasteiger partial charge in [-0.1, -0.05) is 74.5 Å². The van der Waals surface area contributed by atoms with E-state index in [4.69, 9.17) is 0 Å². The van der Waals surface area contributed by atoms with E-state index in [1.54, 1.807) is 0 Å². The molecular weight excluding hydrogens is 428 g/mol. The van der Waals surface area contributed by atoms with Crippen LogP contribution in [0.15, 0.2) is 72.8 Å². The zero-order valence-corrected chi connectivity index (χ0v) is 21.8. The largest absolute Gasteiger partial charge is 0.301 e. The normalized spacial score (nSPS) is 17.5. The molecule has 3 heteroatoms. The van der Waals surface area contributed by atoms with Crippen molar-refractivity contribution in [1.82, 2.24) is 5.01 Å². The number of carbonyl (C=O) groups excluding carboxylic acids is 1. The van der Waals surface area contributed by atoms with Gasteiger partial charge in [-0.05, 0) is 88.4 Å². The van der Waals surface area contributed by atoms with Gasteiger partial charge < -0.3 is 4.79 Å². The van der Waals surface area contributed by atoms with Crippen molar-refractivity contribution in [1.29, 1.82) is 0 Å². The second-order valence-electron chi connectivity index (χ2n) is 11.5. The quantitative estimate of drug-likeness (QED) is 0.178. The maximum absolute atomic E-state index is 11.9. The van der Waals surface area contributed by atoms with Crippen LogP contribution in [0, 0.1) is 5.41 Å². The summed E-state index contributed by atoms with van der Waals surface area (Å²) in [6.07, 6.45) is 3.09. The molecule has 1 aliphatic rings. The number of nitrogens with zero attached hydrogens (tertiary/aromatic N) is 2. The lowest BCUT2D eigenvalue weighted by Gasteiger charge is -2.43. The summed E-state index contributed by atoms with van der Waals surface area (Å²) in [5.74, 6) is 0.399. The summed E-state index contributed by atoms with van der Waals surface area (Å²) in [5.41, 5.74) is 4.83. The Labute approximate surface area is 209 Å². The molecule has 0 heterocycles. The minimum Gasteiger partial charge on any atom is -0.301 e. The van der Waals surface area contributed by atoms with Gasteiger partial charge in [-0.25, -0.2) is 5.01 Å². The van der Waals surface area contributed by atoms with Gasteiger partial charge in [-0.2, -0.15) is 0 Å². The highest BCUT2D eigenvalue weighted by molar-refractivity contribution is 6.08. The van der Waals surface area contributed by atoms with Gasteiger partial charge in [0.1, 0.15) is 11.8 Å². The summed E-state index contributed by atoms with van der Waals surface area (Å²) < 4.78 is 0. The molecule has 0 saturated heterocycles. The summed E-state index contributed by atoms with van der Waals surface area (Å²) in [6.45, 7) is 8.74. The highest BCUT2D eigenvalue weighted by Gasteiger charge is 2.37. The predicted octanol–water partition coefficient (Wildman–Crippen LogP) is 7.16. The summed E-state index contributed by atoms with van der Waals surface area (Å²) in [4.78, 5) is 11.9. The summed E-state index contributed by atoms with van der Waals surface area (Å²) in [7, 11) is 3.99. The van der Waals surface area contributed by atoms with Gasteiger partial charge in [0.15, 0.2) is 0 Å². The summed E-state index contributed by atoms with van der Waals surface area (Å²) in [6, 6.07) is 26.8. The average Bonchev–Trinajstić information content (AvgIpc) is 2.82. The Kier molecular flexibility index (Phi) is 5.72. The molecule has 0 fully saturated rings. The average molecular weight is 465 g/mol. The van der Waals surface area contributed by atoms with Crippen LogP contribution in [0.3, 0.4) is 0 Å². The maximum atomic E-state index is 11.9. The fourth-order valence-corrected chi connectivity index (χ4v) is 6.24. The maximum Gasteiger partial charge on any atom is 0.146 e. The fourth-order valence-electron chi connectivity index (χ4n) is 6.24. The molecule has 1 aliphatic carbocycles. The number of carbonyl (C=O) groups is 1. The third kappa shape index (κ3) is 4.02. The number of rotatable bonds is 5. The van der Waals surface area contributed by atoms with Gasteiger partial charge in [-0.15, -0.1) is 0 Å². The molecule has 4 aromatic rings. The first-order valence-corrected chi connectivity index (χ1v) is 12.6. The lowest BCUT2D eigenvalue weighted by molar-refractivity contribution is -0.112. The molecule has 1 atom stereocenters. The van der Waals surface area contributed by atoms with Gasteiger partial charge in [0.25, 0.3) is 0 Å². The van der Waals surface area contributed by atoms with Crippen LogP contribution in [-0.4, -0.2) is 30.9 Å². The van der Waals surface area contributed by atoms with Crippen LogP contribution in [0.25, 0.3) is 21.5 Å². The monoisotopic (exact) mass is 464 g/mol. The Morgan fingerprint density at radius 2 is 1.63 bits per heavy atom. The lowest BCUT2D eigenvalue weighted by atomic mass is 9.63. The highest BCUT2D eigenvalue weighted by Crippen LogP contribution is 2.48. The molecule has 0 N–H and O–H groups in total. The van der Waals surface area contributed by atoms with Gasteiger partial charge in [0.2, 0.25) is 0 Å². The Morgan fingerprint density at radius 1 is 0.886 bits per heavy atom. The van der Waals surface area contributed by atoms with Crippen LogP contribution >= 0.6 is 0 Å². The topological polar surface area (TPSA) is 23.6 Å². The molecule has 0 aromatic heterocycles. The van der Waals surface area contributed by atoms with E-state index in [9.17, 15) is 4.79 Å². The Hall–Kier alpha value is -3.17. The highest BCUT2D eigenvalue weighted by atomic mass is 16.1. The number of aldehydes is 1. The number of fused-ring (bicyclic) bond motifs is 5. The van der Waals surface area contributed by atoms with Gasteiger partial charge in [0.05, 0.1) is 5.69 Å². The van der Waals surface area contributed by atoms with E-state index in [0.29, 0.717) is 5.92 Å². The SMILES string of the molecule is CN(C)N(c1cccc(C2Cc3ccc4c(ccc5ccccc54)c3CC2(C)C)c1)C(C)(C)C=O. The first kappa shape index (κ1) is 23.6. The molecule has 5 rings (SSSR count). The molecular formula is C32H36N2O. The standard InChI is InChI=1S/C32H36N2O/c1-31(2)20-29-23(15-17-27-26-13-8-7-10-22(26)14-16-28(27)29)19-30(31)24-11-9-12-25(18-24)34(33(5)6)32(3,4)21-35/h7-18,21,30H,19-20H2,1-6H3. The van der Waals surface area contributed by atoms with Crippen LogP contribution in [-0.2, 0) is 17.6 Å². The second kappa shape index (κ2) is 8.49. The van der Waals surface area contributed by atoms with Crippen molar-refractivity contribution in [3.05, 3.63) is 89.5 Å². The summed E-state index contributed by atoms with van der Waals surface area (Å²) in [5, 5.41) is 9.47. The minimum absolute atomic E-state index is 0.106. The van der Waals surface area contributed by atoms with E-state index in [0.717, 1.165) is 24.8 Å². The van der Waals surface area contributed by atoms with Gasteiger partial charge >= 0.3 is 0 Å². The number of hydrogen-bond donors (Lipinski definition) is 0. The fraction of sp³-hybridized carbons (Fsp3) is 0.344. The smallest absolute Gasteiger partial charge is 0.146 e. The predicted molar refractivity (Wildman–Crippen MR) is 148 cm³/mol. The molecule has 0 radical (unpaired) electrons. The van der Waals surface area contributed by atoms with Crippen molar-refractivity contribution < 1.29 is 4.79 Å². The van der Waals surface area contributed by atoms with E-state index in [2.05, 4.69) is 91.7 Å². The van der Waals surface area contributed by atoms with Crippen molar-refractivity contribution in [2.45, 2.75) is 52.0 Å². The molecule has 1 unspecified atom stereocenters. The number of benzene rings is 4. The van der Waals surface area contributed by atoms with Crippen LogP contribution in [0.2, 0.25) is 0 Å². The zero-order chi connectivity index (χ0) is 25.0. The third-order valence-corrected chi connectivity index (χ3v) is 7.89. The van der Waals surface area contributed by atoms with Crippen LogP contribution in [0.4, 0.5) is 5.69 Å². The number of hydrogen-bond acceptors (Lipinski definition) is 3. The van der Waals surface area contributed by atoms with Crippen molar-refractivity contribution >= 4 is 33.5 Å². The number of hydrazine groups is 1. The molecule has 35 heavy (non-hydrogen) atoms. The molecule has 0 bridgehead atoms. The van der Waals surface area contributed by atoms with Gasteiger partial charge in [-0.3, -0.25) is 5.01 Å². The lowest BCUT2D eigenvalue weighted by Crippen LogP contribution is -2.53. The Morgan fingerprint density at radius 3 is 2.37 bits per heavy atom. The van der Waals surface area contributed by atoms with E-state index >= 15 is 0 Å². The van der Waals surface area contributed by atoms with Crippen LogP contribution in [0.1, 0.15) is 50.3 Å². The van der Waals surface area contributed by atoms with Crippen LogP contribution < -0.4 is 5.01 Å². The molecule has 4 aromatic carbocycles. The first-order valence-electron chi connectivity index (χ1n) is 12.6. The van der Waals surface area contributed by atoms with Gasteiger partial charge in [0, 0.05) is 14.1 Å². The minimum atomic E-state index is -0.626.